The van der Waals surface area contributed by atoms with Crippen molar-refractivity contribution >= 4 is 51.4 Å². The first kappa shape index (κ1) is 28.0. The van der Waals surface area contributed by atoms with Crippen molar-refractivity contribution in [2.24, 2.45) is 16.9 Å². The van der Waals surface area contributed by atoms with Gasteiger partial charge in [0.2, 0.25) is 0 Å². The van der Waals surface area contributed by atoms with E-state index < -0.39 is 11.8 Å². The van der Waals surface area contributed by atoms with Gasteiger partial charge in [-0.1, -0.05) is 91.0 Å². The van der Waals surface area contributed by atoms with Crippen LogP contribution in [-0.2, 0) is 16.2 Å². The number of hydrazone groups is 1. The molecule has 2 bridgehead atoms. The van der Waals surface area contributed by atoms with Gasteiger partial charge in [0.1, 0.15) is 6.61 Å². The molecular formula is C38H29IN2O4. The molecule has 0 spiro atoms. The van der Waals surface area contributed by atoms with Crippen LogP contribution in [0.5, 0.6) is 11.5 Å². The number of halogens is 1. The Kier molecular flexibility index (Phi) is 6.93. The van der Waals surface area contributed by atoms with Crippen LogP contribution in [0.4, 0.5) is 0 Å². The van der Waals surface area contributed by atoms with Crippen molar-refractivity contribution in [3.05, 3.63) is 140 Å². The topological polar surface area (TPSA) is 68.2 Å². The van der Waals surface area contributed by atoms with Crippen molar-refractivity contribution in [2.75, 3.05) is 6.61 Å². The molecule has 5 aromatic rings. The van der Waals surface area contributed by atoms with Gasteiger partial charge in [-0.05, 0) is 85.8 Å². The number of fused-ring (bicyclic) bond motifs is 1. The Morgan fingerprint density at radius 1 is 0.756 bits per heavy atom. The quantitative estimate of drug-likeness (QED) is 0.0993. The molecule has 1 heterocycles. The number of hydrogen-bond donors (Lipinski definition) is 0. The van der Waals surface area contributed by atoms with Crippen molar-refractivity contribution in [2.45, 2.75) is 25.4 Å². The van der Waals surface area contributed by atoms with Gasteiger partial charge in [-0.2, -0.15) is 10.1 Å². The number of amides is 2. The van der Waals surface area contributed by atoms with Gasteiger partial charge in [-0.3, -0.25) is 9.59 Å². The van der Waals surface area contributed by atoms with E-state index in [-0.39, 0.29) is 23.7 Å². The number of rotatable bonds is 7. The molecular weight excluding hydrogens is 675 g/mol. The van der Waals surface area contributed by atoms with Crippen LogP contribution in [0.25, 0.3) is 10.8 Å². The Balaban J connectivity index is 1.08. The first-order chi connectivity index (χ1) is 22.0. The second-order valence-electron chi connectivity index (χ2n) is 11.7. The summed E-state index contributed by atoms with van der Waals surface area (Å²) in [5.41, 5.74) is 6.37. The van der Waals surface area contributed by atoms with Gasteiger partial charge >= 0.3 is 0 Å². The molecule has 6 nitrogen and oxygen atoms in total. The van der Waals surface area contributed by atoms with E-state index in [0.29, 0.717) is 30.3 Å². The zero-order chi connectivity index (χ0) is 30.7. The van der Waals surface area contributed by atoms with Crippen LogP contribution in [0.2, 0.25) is 0 Å². The van der Waals surface area contributed by atoms with E-state index >= 15 is 0 Å². The lowest BCUT2D eigenvalue weighted by molar-refractivity contribution is -0.139. The average molecular weight is 705 g/mol. The van der Waals surface area contributed by atoms with Crippen LogP contribution < -0.4 is 9.47 Å². The molecule has 9 rings (SSSR count). The van der Waals surface area contributed by atoms with Crippen molar-refractivity contribution < 1.29 is 19.1 Å². The summed E-state index contributed by atoms with van der Waals surface area (Å²) in [5, 5.41) is 7.93. The first-order valence-electron chi connectivity index (χ1n) is 15.2. The number of imide groups is 1. The molecule has 222 valence electrons. The van der Waals surface area contributed by atoms with Crippen molar-refractivity contribution in [1.82, 2.24) is 5.01 Å². The summed E-state index contributed by atoms with van der Waals surface area (Å²) in [7, 11) is 0. The lowest BCUT2D eigenvalue weighted by Crippen LogP contribution is -2.41. The lowest BCUT2D eigenvalue weighted by Gasteiger charge is -2.45. The summed E-state index contributed by atoms with van der Waals surface area (Å²) in [4.78, 5) is 27.9. The number of ether oxygens (including phenoxy) is 2. The van der Waals surface area contributed by atoms with Crippen LogP contribution >= 0.6 is 22.6 Å². The van der Waals surface area contributed by atoms with Crippen LogP contribution in [0.1, 0.15) is 52.1 Å². The maximum Gasteiger partial charge on any atom is 0.254 e. The molecule has 3 aliphatic carbocycles. The Bertz CT molecular complexity index is 1920. The van der Waals surface area contributed by atoms with Gasteiger partial charge in [0, 0.05) is 11.8 Å². The molecule has 1 aliphatic heterocycles. The van der Waals surface area contributed by atoms with Gasteiger partial charge < -0.3 is 9.47 Å². The summed E-state index contributed by atoms with van der Waals surface area (Å²) in [6, 6.07) is 34.7. The summed E-state index contributed by atoms with van der Waals surface area (Å²) >= 11 is 2.24. The summed E-state index contributed by atoms with van der Waals surface area (Å²) in [6.45, 7) is 2.77. The van der Waals surface area contributed by atoms with Crippen LogP contribution in [-0.4, -0.2) is 29.6 Å². The second kappa shape index (κ2) is 11.1. The van der Waals surface area contributed by atoms with E-state index in [1.165, 1.54) is 0 Å². The standard InChI is InChI=1S/C38H29IN2O4/c1-2-44-31-19-22(18-30(39)36(31)45-21-24-12-9-11-23-10-3-4-13-25(23)24)20-40-41-37(42)34-32-26-14-5-6-15-27(26)33(35(34)38(41)43)29-17-8-7-16-28(29)32/h3-20,32-35H,2,21H2,1H3/b40-20-/t32?,33?,34-,35-/m0/s1. The molecule has 0 radical (unpaired) electrons. The minimum atomic E-state index is -0.464. The highest BCUT2D eigenvalue weighted by Crippen LogP contribution is 2.61. The predicted octanol–water partition coefficient (Wildman–Crippen LogP) is 7.65. The first-order valence-corrected chi connectivity index (χ1v) is 16.3. The molecule has 7 heteroatoms. The fourth-order valence-corrected chi connectivity index (χ4v) is 8.31. The molecule has 0 aromatic heterocycles. The Morgan fingerprint density at radius 2 is 1.33 bits per heavy atom. The van der Waals surface area contributed by atoms with Crippen LogP contribution in [0.3, 0.4) is 0 Å². The zero-order valence-corrected chi connectivity index (χ0v) is 26.7. The van der Waals surface area contributed by atoms with Gasteiger partial charge in [0.15, 0.2) is 11.5 Å². The van der Waals surface area contributed by atoms with Gasteiger partial charge in [0.25, 0.3) is 11.8 Å². The Morgan fingerprint density at radius 3 is 1.96 bits per heavy atom. The number of hydrogen-bond acceptors (Lipinski definition) is 5. The second-order valence-corrected chi connectivity index (χ2v) is 12.8. The van der Waals surface area contributed by atoms with E-state index in [2.05, 4.69) is 76.2 Å². The fraction of sp³-hybridized carbons (Fsp3) is 0.184. The molecule has 2 amide bonds. The fourth-order valence-electron chi connectivity index (χ4n) is 7.53. The van der Waals surface area contributed by atoms with Crippen LogP contribution in [0.15, 0.2) is 108 Å². The molecule has 0 saturated carbocycles. The molecule has 4 aliphatic rings. The molecule has 0 unspecified atom stereocenters. The molecule has 45 heavy (non-hydrogen) atoms. The normalized spacial score (nSPS) is 21.2. The molecule has 5 aromatic carbocycles. The SMILES string of the molecule is CCOc1cc(/C=N\N2C(=O)[C@H]3C4c5ccccc5C(c5ccccc54)[C@@H]3C2=O)cc(I)c1OCc1cccc2ccccc12. The Labute approximate surface area is 274 Å². The van der Waals surface area contributed by atoms with Crippen molar-refractivity contribution in [1.29, 1.82) is 0 Å². The lowest BCUT2D eigenvalue weighted by atomic mass is 9.55. The number of nitrogens with zero attached hydrogens (tertiary/aromatic N) is 2. The monoisotopic (exact) mass is 704 g/mol. The summed E-state index contributed by atoms with van der Waals surface area (Å²) < 4.78 is 13.2. The summed E-state index contributed by atoms with van der Waals surface area (Å²) in [5.74, 6) is -0.496. The van der Waals surface area contributed by atoms with E-state index in [1.54, 1.807) is 6.21 Å². The summed E-state index contributed by atoms with van der Waals surface area (Å²) in [6.07, 6.45) is 1.58. The third-order valence-corrected chi connectivity index (χ3v) is 10.1. The zero-order valence-electron chi connectivity index (χ0n) is 24.5. The minimum absolute atomic E-state index is 0.160. The largest absolute Gasteiger partial charge is 0.490 e. The van der Waals surface area contributed by atoms with E-state index in [0.717, 1.165) is 47.2 Å². The highest BCUT2D eigenvalue weighted by Gasteiger charge is 2.61. The number of carbonyl (C=O) groups excluding carboxylic acids is 2. The van der Waals surface area contributed by atoms with Crippen LogP contribution in [0, 0.1) is 15.4 Å². The molecule has 1 fully saturated rings. The molecule has 2 atom stereocenters. The highest BCUT2D eigenvalue weighted by molar-refractivity contribution is 14.1. The average Bonchev–Trinajstić information content (AvgIpc) is 3.32. The van der Waals surface area contributed by atoms with E-state index in [1.807, 2.05) is 61.5 Å². The molecule has 0 N–H and O–H groups in total. The Hall–Kier alpha value is -4.50. The smallest absolute Gasteiger partial charge is 0.254 e. The number of carbonyl (C=O) groups is 2. The van der Waals surface area contributed by atoms with E-state index in [9.17, 15) is 9.59 Å². The van der Waals surface area contributed by atoms with Crippen molar-refractivity contribution in [3.63, 3.8) is 0 Å². The maximum absolute atomic E-state index is 13.9. The minimum Gasteiger partial charge on any atom is -0.490 e. The van der Waals surface area contributed by atoms with Crippen molar-refractivity contribution in [3.8, 4) is 11.5 Å². The van der Waals surface area contributed by atoms with E-state index in [4.69, 9.17) is 9.47 Å². The maximum atomic E-state index is 13.9. The molecule has 1 saturated heterocycles. The number of benzene rings is 5. The van der Waals surface area contributed by atoms with Gasteiger partial charge in [0.05, 0.1) is 28.2 Å². The van der Waals surface area contributed by atoms with Gasteiger partial charge in [-0.15, -0.1) is 0 Å². The third kappa shape index (κ3) is 4.47. The third-order valence-electron chi connectivity index (χ3n) is 9.33. The highest BCUT2D eigenvalue weighted by atomic mass is 127. The predicted molar refractivity (Wildman–Crippen MR) is 182 cm³/mol. The van der Waals surface area contributed by atoms with Gasteiger partial charge in [-0.25, -0.2) is 0 Å².